The summed E-state index contributed by atoms with van der Waals surface area (Å²) in [6, 6.07) is 6.32. The number of nitrogens with one attached hydrogen (secondary N) is 1. The number of benzene rings is 2. The fourth-order valence-electron chi connectivity index (χ4n) is 5.47. The molecule has 6 nitrogen and oxygen atoms in total. The molecule has 0 bridgehead atoms. The number of H-pyrrole nitrogens is 1. The first-order chi connectivity index (χ1) is 16.7. The second kappa shape index (κ2) is 8.32. The summed E-state index contributed by atoms with van der Waals surface area (Å²) in [6.45, 7) is 3.97. The van der Waals surface area contributed by atoms with Crippen LogP contribution in [-0.4, -0.2) is 38.6 Å². The molecule has 4 aromatic rings. The fourth-order valence-corrected chi connectivity index (χ4v) is 5.47. The lowest BCUT2D eigenvalue weighted by Gasteiger charge is -2.32. The van der Waals surface area contributed by atoms with Crippen LogP contribution < -0.4 is 4.74 Å². The van der Waals surface area contributed by atoms with Crippen molar-refractivity contribution in [2.75, 3.05) is 7.11 Å². The van der Waals surface area contributed by atoms with Crippen molar-refractivity contribution in [3.05, 3.63) is 53.4 Å². The normalized spacial score (nSPS) is 20.7. The van der Waals surface area contributed by atoms with Crippen molar-refractivity contribution in [3.63, 3.8) is 0 Å². The fraction of sp³-hybridized carbons (Fsp3) is 0.385. The molecule has 2 heterocycles. The summed E-state index contributed by atoms with van der Waals surface area (Å²) in [5.74, 6) is -2.67. The third kappa shape index (κ3) is 3.56. The van der Waals surface area contributed by atoms with E-state index in [0.717, 1.165) is 11.3 Å². The molecule has 0 amide bonds. The van der Waals surface area contributed by atoms with Gasteiger partial charge in [0.15, 0.2) is 17.4 Å². The maximum Gasteiger partial charge on any atom is 0.341 e. The van der Waals surface area contributed by atoms with Gasteiger partial charge in [-0.3, -0.25) is 5.10 Å². The molecule has 0 saturated heterocycles. The second-order valence-electron chi connectivity index (χ2n) is 9.57. The highest BCUT2D eigenvalue weighted by atomic mass is 19.1. The smallest absolute Gasteiger partial charge is 0.341 e. The Balaban J connectivity index is 1.81. The summed E-state index contributed by atoms with van der Waals surface area (Å²) in [6.07, 6.45) is 1.80. The molecule has 5 rings (SSSR count). The van der Waals surface area contributed by atoms with E-state index in [-0.39, 0.29) is 48.8 Å². The highest BCUT2D eigenvalue weighted by Gasteiger charge is 2.44. The van der Waals surface area contributed by atoms with Crippen LogP contribution in [0.15, 0.2) is 30.5 Å². The monoisotopic (exact) mass is 485 g/mol. The Morgan fingerprint density at radius 1 is 1.26 bits per heavy atom. The summed E-state index contributed by atoms with van der Waals surface area (Å²) < 4.78 is 52.2. The van der Waals surface area contributed by atoms with E-state index in [1.54, 1.807) is 18.3 Å². The summed E-state index contributed by atoms with van der Waals surface area (Å²) in [4.78, 5) is 11.5. The Morgan fingerprint density at radius 2 is 1.97 bits per heavy atom. The summed E-state index contributed by atoms with van der Waals surface area (Å²) in [5.41, 5.74) is 0.737. The van der Waals surface area contributed by atoms with E-state index in [1.165, 1.54) is 13.2 Å². The zero-order valence-corrected chi connectivity index (χ0v) is 19.7. The van der Waals surface area contributed by atoms with Crippen molar-refractivity contribution in [1.82, 2.24) is 14.8 Å². The molecule has 0 unspecified atom stereocenters. The predicted octanol–water partition coefficient (Wildman–Crippen LogP) is 6.37. The van der Waals surface area contributed by atoms with E-state index in [2.05, 4.69) is 10.2 Å². The van der Waals surface area contributed by atoms with Gasteiger partial charge in [0.25, 0.3) is 0 Å². The number of carboxylic acid groups (broad SMARTS) is 1. The summed E-state index contributed by atoms with van der Waals surface area (Å²) in [5, 5.41) is 17.0. The summed E-state index contributed by atoms with van der Waals surface area (Å²) in [7, 11) is 1.38. The third-order valence-corrected chi connectivity index (χ3v) is 7.19. The van der Waals surface area contributed by atoms with Crippen molar-refractivity contribution >= 4 is 27.8 Å². The maximum atomic E-state index is 16.0. The highest BCUT2D eigenvalue weighted by molar-refractivity contribution is 6.00. The standard InChI is InChI=1S/C26H26F3N3O3/c1-13(2)24-20(14-6-8-26(29,9-7-14)25(33)34)21-18(10-15-12-30-31-23(15)22(21)28)32(24)16-4-5-17(27)19(11-16)35-3/h4-5,10-14H,6-9H2,1-3H3,(H,30,31)(H,33,34)/t14-,26+. The lowest BCUT2D eigenvalue weighted by atomic mass is 9.75. The molecule has 1 saturated carbocycles. The van der Waals surface area contributed by atoms with Gasteiger partial charge in [-0.2, -0.15) is 5.10 Å². The van der Waals surface area contributed by atoms with E-state index in [4.69, 9.17) is 4.74 Å². The third-order valence-electron chi connectivity index (χ3n) is 7.19. The molecular weight excluding hydrogens is 459 g/mol. The quantitative estimate of drug-likeness (QED) is 0.344. The van der Waals surface area contributed by atoms with Crippen LogP contribution in [0.1, 0.15) is 62.6 Å². The van der Waals surface area contributed by atoms with E-state index >= 15 is 4.39 Å². The Morgan fingerprint density at radius 3 is 2.60 bits per heavy atom. The van der Waals surface area contributed by atoms with E-state index in [0.29, 0.717) is 22.0 Å². The number of rotatable bonds is 5. The topological polar surface area (TPSA) is 80.1 Å². The van der Waals surface area contributed by atoms with Crippen molar-refractivity contribution in [2.24, 2.45) is 0 Å². The Bertz CT molecular complexity index is 1450. The number of carbonyl (C=O) groups is 1. The lowest BCUT2D eigenvalue weighted by Crippen LogP contribution is -2.37. The minimum atomic E-state index is -2.27. The van der Waals surface area contributed by atoms with Crippen LogP contribution in [0.4, 0.5) is 13.2 Å². The van der Waals surface area contributed by atoms with Crippen molar-refractivity contribution in [3.8, 4) is 11.4 Å². The van der Waals surface area contributed by atoms with Crippen LogP contribution in [0.3, 0.4) is 0 Å². The Labute approximate surface area is 199 Å². The number of hydrogen-bond acceptors (Lipinski definition) is 3. The molecule has 1 aliphatic rings. The van der Waals surface area contributed by atoms with Gasteiger partial charge < -0.3 is 14.4 Å². The zero-order valence-electron chi connectivity index (χ0n) is 19.7. The number of alkyl halides is 1. The second-order valence-corrected chi connectivity index (χ2v) is 9.57. The zero-order chi connectivity index (χ0) is 25.1. The largest absolute Gasteiger partial charge is 0.494 e. The van der Waals surface area contributed by atoms with Crippen LogP contribution in [-0.2, 0) is 4.79 Å². The molecule has 184 valence electrons. The minimum Gasteiger partial charge on any atom is -0.494 e. The van der Waals surface area contributed by atoms with E-state index < -0.39 is 23.3 Å². The number of halogens is 3. The van der Waals surface area contributed by atoms with Gasteiger partial charge in [-0.15, -0.1) is 0 Å². The number of aromatic nitrogens is 3. The number of carboxylic acids is 1. The van der Waals surface area contributed by atoms with Crippen LogP contribution >= 0.6 is 0 Å². The molecule has 2 N–H and O–H groups in total. The van der Waals surface area contributed by atoms with E-state index in [9.17, 15) is 18.7 Å². The van der Waals surface area contributed by atoms with Crippen LogP contribution in [0.5, 0.6) is 5.75 Å². The van der Waals surface area contributed by atoms with Gasteiger partial charge in [-0.1, -0.05) is 13.8 Å². The molecule has 0 aliphatic heterocycles. The average Bonchev–Trinajstić information content (AvgIpc) is 3.43. The number of aliphatic carboxylic acids is 1. The van der Waals surface area contributed by atoms with Gasteiger partial charge in [0, 0.05) is 28.2 Å². The molecule has 35 heavy (non-hydrogen) atoms. The van der Waals surface area contributed by atoms with Gasteiger partial charge in [0.1, 0.15) is 5.52 Å². The number of aromatic amines is 1. The molecule has 2 aromatic heterocycles. The summed E-state index contributed by atoms with van der Waals surface area (Å²) >= 11 is 0. The predicted molar refractivity (Wildman–Crippen MR) is 126 cm³/mol. The average molecular weight is 486 g/mol. The van der Waals surface area contributed by atoms with Gasteiger partial charge in [-0.05, 0) is 61.3 Å². The molecule has 1 aliphatic carbocycles. The van der Waals surface area contributed by atoms with Gasteiger partial charge >= 0.3 is 5.97 Å². The first-order valence-corrected chi connectivity index (χ1v) is 11.6. The molecular formula is C26H26F3N3O3. The van der Waals surface area contributed by atoms with Gasteiger partial charge in [0.05, 0.1) is 18.8 Å². The number of hydrogen-bond donors (Lipinski definition) is 2. The lowest BCUT2D eigenvalue weighted by molar-refractivity contribution is -0.153. The number of methoxy groups -OCH3 is 1. The first kappa shape index (κ1) is 23.3. The van der Waals surface area contributed by atoms with Gasteiger partial charge in [-0.25, -0.2) is 18.0 Å². The Kier molecular flexibility index (Phi) is 5.53. The Hall–Kier alpha value is -3.49. The number of ether oxygens (including phenoxy) is 1. The molecule has 1 fully saturated rings. The molecule has 9 heteroatoms. The van der Waals surface area contributed by atoms with Crippen LogP contribution in [0, 0.1) is 11.6 Å². The van der Waals surface area contributed by atoms with Crippen LogP contribution in [0.25, 0.3) is 27.5 Å². The van der Waals surface area contributed by atoms with E-state index in [1.807, 2.05) is 24.5 Å². The van der Waals surface area contributed by atoms with Crippen molar-refractivity contribution in [1.29, 1.82) is 0 Å². The number of nitrogens with zero attached hydrogens (tertiary/aromatic N) is 2. The number of fused-ring (bicyclic) bond motifs is 2. The van der Waals surface area contributed by atoms with Gasteiger partial charge in [0.2, 0.25) is 5.67 Å². The van der Waals surface area contributed by atoms with Crippen molar-refractivity contribution in [2.45, 2.75) is 57.0 Å². The first-order valence-electron chi connectivity index (χ1n) is 11.6. The molecule has 0 spiro atoms. The molecule has 0 radical (unpaired) electrons. The minimum absolute atomic E-state index is 0.0619. The molecule has 0 atom stereocenters. The van der Waals surface area contributed by atoms with Crippen molar-refractivity contribution < 1.29 is 27.8 Å². The highest BCUT2D eigenvalue weighted by Crippen LogP contribution is 2.48. The SMILES string of the molecule is COc1cc(-n2c(C(C)C)c([C@H]3CC[C@](F)(C(=O)O)CC3)c3c(F)c4[nH]ncc4cc32)ccc1F. The van der Waals surface area contributed by atoms with Crippen LogP contribution in [0.2, 0.25) is 0 Å². The molecule has 2 aromatic carbocycles. The maximum absolute atomic E-state index is 16.0.